The summed E-state index contributed by atoms with van der Waals surface area (Å²) in [6, 6.07) is 0. The van der Waals surface area contributed by atoms with Crippen LogP contribution in [0.4, 0.5) is 0 Å². The molecule has 1 aromatic rings. The van der Waals surface area contributed by atoms with Gasteiger partial charge in [-0.3, -0.25) is 0 Å². The number of aryl methyl sites for hydroxylation is 1. The summed E-state index contributed by atoms with van der Waals surface area (Å²) in [5.41, 5.74) is 1.98. The van der Waals surface area contributed by atoms with Crippen molar-refractivity contribution in [3.05, 3.63) is 17.6 Å². The molecule has 0 bridgehead atoms. The van der Waals surface area contributed by atoms with Crippen LogP contribution in [-0.2, 0) is 4.74 Å². The predicted molar refractivity (Wildman–Crippen MR) is 51.4 cm³/mol. The molecular weight excluding hydrogens is 180 g/mol. The zero-order valence-electron chi connectivity index (χ0n) is 8.49. The molecular formula is C10H14N2O2. The Labute approximate surface area is 83.3 Å². The van der Waals surface area contributed by atoms with E-state index in [1.807, 2.05) is 13.8 Å². The lowest BCUT2D eigenvalue weighted by Crippen LogP contribution is -2.17. The predicted octanol–water partition coefficient (Wildman–Crippen LogP) is 1.26. The van der Waals surface area contributed by atoms with E-state index in [-0.39, 0.29) is 6.10 Å². The highest BCUT2D eigenvalue weighted by molar-refractivity contribution is 5.27. The first-order chi connectivity index (χ1) is 6.77. The molecule has 1 atom stereocenters. The van der Waals surface area contributed by atoms with Gasteiger partial charge in [0.05, 0.1) is 13.2 Å². The topological polar surface area (TPSA) is 44.2 Å². The van der Waals surface area contributed by atoms with Gasteiger partial charge in [-0.05, 0) is 13.8 Å². The Balaban J connectivity index is 2.11. The van der Waals surface area contributed by atoms with Gasteiger partial charge in [-0.2, -0.15) is 0 Å². The van der Waals surface area contributed by atoms with E-state index >= 15 is 0 Å². The number of aromatic nitrogens is 2. The lowest BCUT2D eigenvalue weighted by molar-refractivity contribution is 0.137. The molecule has 2 heterocycles. The number of nitrogens with zero attached hydrogens (tertiary/aromatic N) is 2. The maximum Gasteiger partial charge on any atom is 0.219 e. The highest BCUT2D eigenvalue weighted by atomic mass is 16.5. The summed E-state index contributed by atoms with van der Waals surface area (Å²) in [6.45, 7) is 5.38. The van der Waals surface area contributed by atoms with E-state index < -0.39 is 0 Å². The van der Waals surface area contributed by atoms with Crippen molar-refractivity contribution in [3.63, 3.8) is 0 Å². The first-order valence-electron chi connectivity index (χ1n) is 4.80. The maximum atomic E-state index is 5.71. The van der Waals surface area contributed by atoms with Crippen LogP contribution in [0, 0.1) is 13.8 Å². The monoisotopic (exact) mass is 194 g/mol. The third kappa shape index (κ3) is 1.85. The summed E-state index contributed by atoms with van der Waals surface area (Å²) in [5.74, 6) is 0.688. The Morgan fingerprint density at radius 2 is 2.29 bits per heavy atom. The Morgan fingerprint density at radius 3 is 3.00 bits per heavy atom. The largest absolute Gasteiger partial charge is 0.472 e. The van der Waals surface area contributed by atoms with Gasteiger partial charge in [0.15, 0.2) is 0 Å². The summed E-state index contributed by atoms with van der Waals surface area (Å²) in [4.78, 5) is 8.21. The van der Waals surface area contributed by atoms with E-state index in [9.17, 15) is 0 Å². The van der Waals surface area contributed by atoms with Gasteiger partial charge in [0.25, 0.3) is 0 Å². The summed E-state index contributed by atoms with van der Waals surface area (Å²) >= 11 is 0. The van der Waals surface area contributed by atoms with Crippen molar-refractivity contribution in [2.24, 2.45) is 0 Å². The van der Waals surface area contributed by atoms with Gasteiger partial charge in [0, 0.05) is 17.7 Å². The first kappa shape index (κ1) is 9.40. The van der Waals surface area contributed by atoms with E-state index in [1.54, 1.807) is 0 Å². The molecule has 1 aromatic heterocycles. The second kappa shape index (κ2) is 3.92. The molecule has 76 valence electrons. The number of rotatable bonds is 2. The van der Waals surface area contributed by atoms with E-state index in [1.165, 1.54) is 6.33 Å². The average Bonchev–Trinajstić information content (AvgIpc) is 2.66. The lowest BCUT2D eigenvalue weighted by Gasteiger charge is -2.12. The fraction of sp³-hybridized carbons (Fsp3) is 0.600. The SMILES string of the molecule is Cc1ncnc(OC2CCOC2)c1C. The molecule has 0 N–H and O–H groups in total. The molecule has 0 spiro atoms. The molecule has 4 nitrogen and oxygen atoms in total. The van der Waals surface area contributed by atoms with Crippen LogP contribution < -0.4 is 4.74 Å². The smallest absolute Gasteiger partial charge is 0.219 e. The van der Waals surface area contributed by atoms with E-state index in [0.29, 0.717) is 12.5 Å². The van der Waals surface area contributed by atoms with Crippen LogP contribution in [0.25, 0.3) is 0 Å². The minimum absolute atomic E-state index is 0.156. The van der Waals surface area contributed by atoms with Crippen molar-refractivity contribution in [3.8, 4) is 5.88 Å². The van der Waals surface area contributed by atoms with Crippen molar-refractivity contribution >= 4 is 0 Å². The Bertz CT molecular complexity index is 322. The van der Waals surface area contributed by atoms with E-state index in [4.69, 9.17) is 9.47 Å². The molecule has 0 radical (unpaired) electrons. The standard InChI is InChI=1S/C10H14N2O2/c1-7-8(2)11-6-12-10(7)14-9-3-4-13-5-9/h6,9H,3-5H2,1-2H3. The van der Waals surface area contributed by atoms with Crippen molar-refractivity contribution in [1.29, 1.82) is 0 Å². The van der Waals surface area contributed by atoms with Crippen LogP contribution in [0.1, 0.15) is 17.7 Å². The Kier molecular flexibility index (Phi) is 2.63. The Hall–Kier alpha value is -1.16. The zero-order chi connectivity index (χ0) is 9.97. The maximum absolute atomic E-state index is 5.71. The van der Waals surface area contributed by atoms with Gasteiger partial charge in [0.2, 0.25) is 5.88 Å². The molecule has 14 heavy (non-hydrogen) atoms. The molecule has 1 unspecified atom stereocenters. The Morgan fingerprint density at radius 1 is 1.43 bits per heavy atom. The van der Waals surface area contributed by atoms with Gasteiger partial charge in [0.1, 0.15) is 12.4 Å². The molecule has 1 saturated heterocycles. The van der Waals surface area contributed by atoms with Gasteiger partial charge >= 0.3 is 0 Å². The van der Waals surface area contributed by atoms with Gasteiger partial charge in [-0.1, -0.05) is 0 Å². The molecule has 0 saturated carbocycles. The number of ether oxygens (including phenoxy) is 2. The lowest BCUT2D eigenvalue weighted by atomic mass is 10.2. The molecule has 2 rings (SSSR count). The minimum atomic E-state index is 0.156. The molecule has 0 amide bonds. The summed E-state index contributed by atoms with van der Waals surface area (Å²) in [7, 11) is 0. The molecule has 0 aliphatic carbocycles. The quantitative estimate of drug-likeness (QED) is 0.711. The average molecular weight is 194 g/mol. The minimum Gasteiger partial charge on any atom is -0.472 e. The van der Waals surface area contributed by atoms with Gasteiger partial charge in [-0.25, -0.2) is 9.97 Å². The molecule has 1 aliphatic rings. The molecule has 4 heteroatoms. The highest BCUT2D eigenvalue weighted by Crippen LogP contribution is 2.19. The highest BCUT2D eigenvalue weighted by Gasteiger charge is 2.18. The molecule has 0 aromatic carbocycles. The van der Waals surface area contributed by atoms with Crippen molar-refractivity contribution in [2.45, 2.75) is 26.4 Å². The number of hydrogen-bond acceptors (Lipinski definition) is 4. The fourth-order valence-corrected chi connectivity index (χ4v) is 1.40. The van der Waals surface area contributed by atoms with Crippen LogP contribution in [0.5, 0.6) is 5.88 Å². The number of hydrogen-bond donors (Lipinski definition) is 0. The van der Waals surface area contributed by atoms with E-state index in [0.717, 1.165) is 24.3 Å². The van der Waals surface area contributed by atoms with Crippen molar-refractivity contribution in [2.75, 3.05) is 13.2 Å². The first-order valence-corrected chi connectivity index (χ1v) is 4.80. The second-order valence-corrected chi connectivity index (χ2v) is 3.49. The van der Waals surface area contributed by atoms with Crippen molar-refractivity contribution < 1.29 is 9.47 Å². The molecule has 1 fully saturated rings. The molecule has 1 aliphatic heterocycles. The fourth-order valence-electron chi connectivity index (χ4n) is 1.40. The van der Waals surface area contributed by atoms with Crippen LogP contribution in [-0.4, -0.2) is 29.3 Å². The summed E-state index contributed by atoms with van der Waals surface area (Å²) < 4.78 is 10.9. The van der Waals surface area contributed by atoms with Crippen molar-refractivity contribution in [1.82, 2.24) is 9.97 Å². The second-order valence-electron chi connectivity index (χ2n) is 3.49. The van der Waals surface area contributed by atoms with Crippen LogP contribution >= 0.6 is 0 Å². The van der Waals surface area contributed by atoms with E-state index in [2.05, 4.69) is 9.97 Å². The van der Waals surface area contributed by atoms with Crippen LogP contribution in [0.3, 0.4) is 0 Å². The van der Waals surface area contributed by atoms with Crippen LogP contribution in [0.2, 0.25) is 0 Å². The summed E-state index contributed by atoms with van der Waals surface area (Å²) in [5, 5.41) is 0. The van der Waals surface area contributed by atoms with Gasteiger partial charge in [-0.15, -0.1) is 0 Å². The third-order valence-electron chi connectivity index (χ3n) is 2.46. The normalized spacial score (nSPS) is 21.1. The van der Waals surface area contributed by atoms with Gasteiger partial charge < -0.3 is 9.47 Å². The van der Waals surface area contributed by atoms with Crippen LogP contribution in [0.15, 0.2) is 6.33 Å². The summed E-state index contributed by atoms with van der Waals surface area (Å²) in [6.07, 6.45) is 2.64. The third-order valence-corrected chi connectivity index (χ3v) is 2.46. The zero-order valence-corrected chi connectivity index (χ0v) is 8.49.